The quantitative estimate of drug-likeness (QED) is 0.598. The van der Waals surface area contributed by atoms with Crippen LogP contribution in [0.15, 0.2) is 42.5 Å². The van der Waals surface area contributed by atoms with E-state index in [1.807, 2.05) is 25.1 Å². The number of Topliss-reactive ketones (excluding diaryl/α,β-unsaturated/α-hetero) is 1. The lowest BCUT2D eigenvalue weighted by molar-refractivity contribution is 0.0992. The van der Waals surface area contributed by atoms with E-state index in [2.05, 4.69) is 22.6 Å². The van der Waals surface area contributed by atoms with Crippen LogP contribution in [0.25, 0.3) is 0 Å². The van der Waals surface area contributed by atoms with E-state index in [-0.39, 0.29) is 18.0 Å². The minimum Gasteiger partial charge on any atom is -0.294 e. The Morgan fingerprint density at radius 3 is 2.67 bits per heavy atom. The molecule has 0 heterocycles. The first-order valence-electron chi connectivity index (χ1n) is 5.60. The first-order valence-corrected chi connectivity index (χ1v) is 6.68. The molecule has 92 valence electrons. The molecule has 0 aliphatic rings. The van der Waals surface area contributed by atoms with E-state index >= 15 is 0 Å². The van der Waals surface area contributed by atoms with Gasteiger partial charge < -0.3 is 0 Å². The fourth-order valence-corrected chi connectivity index (χ4v) is 2.47. The van der Waals surface area contributed by atoms with Gasteiger partial charge in [-0.3, -0.25) is 4.79 Å². The Morgan fingerprint density at radius 2 is 1.94 bits per heavy atom. The average molecular weight is 354 g/mol. The molecule has 0 aliphatic carbocycles. The minimum absolute atomic E-state index is 0.0219. The summed E-state index contributed by atoms with van der Waals surface area (Å²) in [7, 11) is 0. The summed E-state index contributed by atoms with van der Waals surface area (Å²) in [5, 5.41) is 0. The van der Waals surface area contributed by atoms with E-state index in [9.17, 15) is 9.18 Å². The van der Waals surface area contributed by atoms with Gasteiger partial charge in [-0.25, -0.2) is 4.39 Å². The summed E-state index contributed by atoms with van der Waals surface area (Å²) in [4.78, 5) is 12.2. The lowest BCUT2D eigenvalue weighted by Crippen LogP contribution is -2.07. The van der Waals surface area contributed by atoms with Crippen LogP contribution in [0.5, 0.6) is 0 Å². The maximum absolute atomic E-state index is 13.2. The summed E-state index contributed by atoms with van der Waals surface area (Å²) in [6, 6.07) is 12.0. The summed E-state index contributed by atoms with van der Waals surface area (Å²) in [5.41, 5.74) is 2.39. The molecule has 0 aromatic heterocycles. The van der Waals surface area contributed by atoms with E-state index in [1.54, 1.807) is 12.1 Å². The van der Waals surface area contributed by atoms with Gasteiger partial charge >= 0.3 is 0 Å². The average Bonchev–Trinajstić information content (AvgIpc) is 2.34. The van der Waals surface area contributed by atoms with Gasteiger partial charge in [0.1, 0.15) is 5.82 Å². The number of benzene rings is 2. The van der Waals surface area contributed by atoms with Gasteiger partial charge in [0.05, 0.1) is 0 Å². The Bertz CT molecular complexity index is 593. The third-order valence-electron chi connectivity index (χ3n) is 2.84. The monoisotopic (exact) mass is 354 g/mol. The molecule has 0 radical (unpaired) electrons. The van der Waals surface area contributed by atoms with Crippen molar-refractivity contribution in [2.45, 2.75) is 13.3 Å². The Hall–Kier alpha value is -1.23. The Morgan fingerprint density at radius 1 is 1.22 bits per heavy atom. The molecule has 3 heteroatoms. The molecule has 0 aliphatic heterocycles. The third-order valence-corrected chi connectivity index (χ3v) is 3.78. The predicted octanol–water partition coefficient (Wildman–Crippen LogP) is 4.16. The van der Waals surface area contributed by atoms with Gasteiger partial charge in [-0.1, -0.05) is 24.3 Å². The zero-order valence-corrected chi connectivity index (χ0v) is 12.1. The van der Waals surface area contributed by atoms with Crippen molar-refractivity contribution < 1.29 is 9.18 Å². The molecule has 0 bridgehead atoms. The number of carbonyl (C=O) groups excluding carboxylic acids is 1. The third kappa shape index (κ3) is 2.96. The van der Waals surface area contributed by atoms with Gasteiger partial charge in [-0.2, -0.15) is 0 Å². The Kier molecular flexibility index (Phi) is 4.11. The van der Waals surface area contributed by atoms with Crippen LogP contribution in [-0.4, -0.2) is 5.78 Å². The zero-order valence-electron chi connectivity index (χ0n) is 9.91. The smallest absolute Gasteiger partial charge is 0.168 e. The van der Waals surface area contributed by atoms with Crippen molar-refractivity contribution in [3.8, 4) is 0 Å². The molecule has 2 aromatic rings. The molecule has 0 saturated heterocycles. The van der Waals surface area contributed by atoms with Crippen molar-refractivity contribution in [1.82, 2.24) is 0 Å². The normalized spacial score (nSPS) is 10.4. The molecule has 1 nitrogen and oxygen atoms in total. The Labute approximate surface area is 119 Å². The molecular weight excluding hydrogens is 342 g/mol. The van der Waals surface area contributed by atoms with Gasteiger partial charge in [0, 0.05) is 15.6 Å². The van der Waals surface area contributed by atoms with Crippen LogP contribution in [0, 0.1) is 16.3 Å². The van der Waals surface area contributed by atoms with Crippen LogP contribution in [-0.2, 0) is 6.42 Å². The van der Waals surface area contributed by atoms with E-state index in [1.165, 1.54) is 12.1 Å². The molecule has 0 atom stereocenters. The first-order chi connectivity index (χ1) is 8.58. The topological polar surface area (TPSA) is 17.1 Å². The molecule has 2 rings (SSSR count). The second-order valence-electron chi connectivity index (χ2n) is 4.15. The number of carbonyl (C=O) groups is 1. The van der Waals surface area contributed by atoms with E-state index in [0.717, 1.165) is 14.7 Å². The predicted molar refractivity (Wildman–Crippen MR) is 78.3 cm³/mol. The molecule has 0 amide bonds. The SMILES string of the molecule is Cc1ccc(F)cc1CC(=O)c1ccccc1I. The highest BCUT2D eigenvalue weighted by Gasteiger charge is 2.12. The summed E-state index contributed by atoms with van der Waals surface area (Å²) in [6.07, 6.45) is 0.240. The molecule has 0 unspecified atom stereocenters. The van der Waals surface area contributed by atoms with Gasteiger partial charge in [-0.05, 0) is 58.8 Å². The van der Waals surface area contributed by atoms with Gasteiger partial charge in [0.2, 0.25) is 0 Å². The van der Waals surface area contributed by atoms with Crippen LogP contribution in [0.1, 0.15) is 21.5 Å². The van der Waals surface area contributed by atoms with Crippen molar-refractivity contribution >= 4 is 28.4 Å². The maximum Gasteiger partial charge on any atom is 0.168 e. The zero-order chi connectivity index (χ0) is 13.1. The first kappa shape index (κ1) is 13.2. The Balaban J connectivity index is 2.27. The summed E-state index contributed by atoms with van der Waals surface area (Å²) in [5.74, 6) is -0.278. The van der Waals surface area contributed by atoms with Gasteiger partial charge in [0.25, 0.3) is 0 Å². The lowest BCUT2D eigenvalue weighted by Gasteiger charge is -2.06. The highest BCUT2D eigenvalue weighted by Crippen LogP contribution is 2.17. The summed E-state index contributed by atoms with van der Waals surface area (Å²) >= 11 is 2.14. The summed E-state index contributed by atoms with van der Waals surface area (Å²) < 4.78 is 14.1. The number of hydrogen-bond acceptors (Lipinski definition) is 1. The fraction of sp³-hybridized carbons (Fsp3) is 0.133. The molecule has 2 aromatic carbocycles. The van der Waals surface area contributed by atoms with Crippen LogP contribution >= 0.6 is 22.6 Å². The van der Waals surface area contributed by atoms with Crippen molar-refractivity contribution in [1.29, 1.82) is 0 Å². The highest BCUT2D eigenvalue weighted by molar-refractivity contribution is 14.1. The molecule has 18 heavy (non-hydrogen) atoms. The number of halogens is 2. The van der Waals surface area contributed by atoms with Crippen molar-refractivity contribution in [2.24, 2.45) is 0 Å². The number of rotatable bonds is 3. The van der Waals surface area contributed by atoms with Crippen LogP contribution < -0.4 is 0 Å². The second-order valence-corrected chi connectivity index (χ2v) is 5.31. The van der Waals surface area contributed by atoms with Crippen molar-refractivity contribution in [3.63, 3.8) is 0 Å². The van der Waals surface area contributed by atoms with E-state index in [0.29, 0.717) is 5.56 Å². The molecular formula is C15H12FIO. The van der Waals surface area contributed by atoms with Crippen LogP contribution in [0.4, 0.5) is 4.39 Å². The number of hydrogen-bond donors (Lipinski definition) is 0. The maximum atomic E-state index is 13.2. The standard InChI is InChI=1S/C15H12FIO/c1-10-6-7-12(16)8-11(10)9-15(18)13-4-2-3-5-14(13)17/h2-8H,9H2,1H3. The second kappa shape index (κ2) is 5.61. The van der Waals surface area contributed by atoms with E-state index < -0.39 is 0 Å². The van der Waals surface area contributed by atoms with Crippen molar-refractivity contribution in [3.05, 3.63) is 68.5 Å². The van der Waals surface area contributed by atoms with Crippen LogP contribution in [0.3, 0.4) is 0 Å². The van der Waals surface area contributed by atoms with Gasteiger partial charge in [0.15, 0.2) is 5.78 Å². The fourth-order valence-electron chi connectivity index (χ4n) is 1.79. The van der Waals surface area contributed by atoms with Crippen LogP contribution in [0.2, 0.25) is 0 Å². The largest absolute Gasteiger partial charge is 0.294 e. The molecule has 0 N–H and O–H groups in total. The van der Waals surface area contributed by atoms with Gasteiger partial charge in [-0.15, -0.1) is 0 Å². The summed E-state index contributed by atoms with van der Waals surface area (Å²) in [6.45, 7) is 1.89. The highest BCUT2D eigenvalue weighted by atomic mass is 127. The minimum atomic E-state index is -0.300. The van der Waals surface area contributed by atoms with Crippen molar-refractivity contribution in [2.75, 3.05) is 0 Å². The van der Waals surface area contributed by atoms with E-state index in [4.69, 9.17) is 0 Å². The number of ketones is 1. The number of aryl methyl sites for hydroxylation is 1. The lowest BCUT2D eigenvalue weighted by atomic mass is 9.99. The molecule has 0 saturated carbocycles. The molecule has 0 spiro atoms. The molecule has 0 fully saturated rings.